The average Bonchev–Trinajstić information content (AvgIpc) is 3.36. The van der Waals surface area contributed by atoms with Gasteiger partial charge in [0.15, 0.2) is 12.1 Å². The molecule has 1 N–H and O–H groups in total. The van der Waals surface area contributed by atoms with Crippen LogP contribution in [0.4, 0.5) is 18.9 Å². The lowest BCUT2D eigenvalue weighted by Gasteiger charge is -2.24. The third-order valence-corrected chi connectivity index (χ3v) is 6.78. The maximum Gasteiger partial charge on any atom is 0.416 e. The van der Waals surface area contributed by atoms with Gasteiger partial charge in [0.1, 0.15) is 12.0 Å². The van der Waals surface area contributed by atoms with Gasteiger partial charge >= 0.3 is 6.18 Å². The van der Waals surface area contributed by atoms with E-state index >= 15 is 0 Å². The van der Waals surface area contributed by atoms with Crippen molar-refractivity contribution in [2.45, 2.75) is 51.1 Å². The summed E-state index contributed by atoms with van der Waals surface area (Å²) in [6.45, 7) is 3.00. The molecule has 9 nitrogen and oxygen atoms in total. The van der Waals surface area contributed by atoms with Crippen LogP contribution in [0.3, 0.4) is 0 Å². The summed E-state index contributed by atoms with van der Waals surface area (Å²) >= 11 is 0. The largest absolute Gasteiger partial charge is 0.416 e. The van der Waals surface area contributed by atoms with Gasteiger partial charge in [0.2, 0.25) is 5.91 Å². The molecule has 1 saturated heterocycles. The Morgan fingerprint density at radius 1 is 1.17 bits per heavy atom. The minimum absolute atomic E-state index is 0.154. The van der Waals surface area contributed by atoms with Crippen molar-refractivity contribution in [2.75, 3.05) is 18.5 Å². The summed E-state index contributed by atoms with van der Waals surface area (Å²) in [5.41, 5.74) is 0.756. The molecule has 0 bridgehead atoms. The van der Waals surface area contributed by atoms with Gasteiger partial charge in [-0.3, -0.25) is 14.6 Å². The summed E-state index contributed by atoms with van der Waals surface area (Å²) in [7, 11) is 0. The predicted molar refractivity (Wildman–Crippen MR) is 143 cm³/mol. The van der Waals surface area contributed by atoms with Crippen LogP contribution in [0.25, 0.3) is 11.0 Å². The summed E-state index contributed by atoms with van der Waals surface area (Å²) in [5.74, 6) is -0.898. The molecular formula is C29H28F3N5O4. The number of pyridine rings is 1. The van der Waals surface area contributed by atoms with Gasteiger partial charge in [0.05, 0.1) is 42.1 Å². The van der Waals surface area contributed by atoms with Crippen molar-refractivity contribution in [1.82, 2.24) is 19.5 Å². The molecule has 0 saturated carbocycles. The molecule has 1 aromatic carbocycles. The molecule has 0 spiro atoms. The second kappa shape index (κ2) is 12.1. The highest BCUT2D eigenvalue weighted by Crippen LogP contribution is 2.30. The highest BCUT2D eigenvalue weighted by Gasteiger charge is 2.30. The number of halogens is 3. The number of hydrogen-bond donors (Lipinski definition) is 1. The summed E-state index contributed by atoms with van der Waals surface area (Å²) in [5, 5.41) is 3.16. The quantitative estimate of drug-likeness (QED) is 0.271. The number of carbonyl (C=O) groups excluding carboxylic acids is 2. The van der Waals surface area contributed by atoms with Crippen molar-refractivity contribution in [2.24, 2.45) is 0 Å². The number of fused-ring (bicyclic) bond motifs is 1. The molecule has 0 aliphatic carbocycles. The van der Waals surface area contributed by atoms with E-state index in [-0.39, 0.29) is 41.4 Å². The summed E-state index contributed by atoms with van der Waals surface area (Å²) in [6.07, 6.45) is 5.30. The fourth-order valence-corrected chi connectivity index (χ4v) is 4.71. The first-order valence-electron chi connectivity index (χ1n) is 13.2. The second-order valence-corrected chi connectivity index (χ2v) is 9.90. The van der Waals surface area contributed by atoms with E-state index in [1.54, 1.807) is 12.4 Å². The zero-order chi connectivity index (χ0) is 29.0. The number of aromatic nitrogens is 4. The van der Waals surface area contributed by atoms with Crippen LogP contribution in [0.5, 0.6) is 0 Å². The number of amides is 1. The van der Waals surface area contributed by atoms with Gasteiger partial charge in [-0.2, -0.15) is 13.2 Å². The first kappa shape index (κ1) is 28.4. The van der Waals surface area contributed by atoms with E-state index in [9.17, 15) is 22.8 Å². The summed E-state index contributed by atoms with van der Waals surface area (Å²) in [4.78, 5) is 38.7. The van der Waals surface area contributed by atoms with Crippen LogP contribution in [0.1, 0.15) is 59.3 Å². The van der Waals surface area contributed by atoms with E-state index in [1.807, 2.05) is 11.5 Å². The Hall–Kier alpha value is -4.16. The smallest absolute Gasteiger partial charge is 0.353 e. The Morgan fingerprint density at radius 3 is 2.80 bits per heavy atom. The molecule has 0 radical (unpaired) electrons. The number of anilines is 1. The van der Waals surface area contributed by atoms with E-state index in [2.05, 4.69) is 20.3 Å². The number of benzene rings is 1. The number of ether oxygens (including phenoxy) is 2. The van der Waals surface area contributed by atoms with E-state index in [0.717, 1.165) is 31.4 Å². The molecule has 41 heavy (non-hydrogen) atoms. The van der Waals surface area contributed by atoms with Gasteiger partial charge < -0.3 is 19.4 Å². The Kier molecular flexibility index (Phi) is 8.41. The number of rotatable bonds is 9. The number of nitrogens with one attached hydrogen (secondary N) is 1. The van der Waals surface area contributed by atoms with Gasteiger partial charge in [0, 0.05) is 36.1 Å². The van der Waals surface area contributed by atoms with Crippen LogP contribution in [0.15, 0.2) is 61.4 Å². The molecule has 1 amide bonds. The highest BCUT2D eigenvalue weighted by molar-refractivity contribution is 6.16. The molecule has 2 atom stereocenters. The molecule has 1 aliphatic rings. The van der Waals surface area contributed by atoms with Crippen molar-refractivity contribution in [1.29, 1.82) is 0 Å². The maximum atomic E-state index is 13.6. The number of carbonyl (C=O) groups is 2. The van der Waals surface area contributed by atoms with E-state index in [0.29, 0.717) is 29.8 Å². The van der Waals surface area contributed by atoms with E-state index in [1.165, 1.54) is 36.9 Å². The summed E-state index contributed by atoms with van der Waals surface area (Å²) in [6, 6.07) is 5.89. The lowest BCUT2D eigenvalue weighted by molar-refractivity contribution is -0.166. The molecule has 3 aromatic heterocycles. The molecule has 5 rings (SSSR count). The monoisotopic (exact) mass is 567 g/mol. The maximum absolute atomic E-state index is 13.6. The first-order valence-corrected chi connectivity index (χ1v) is 13.2. The third-order valence-electron chi connectivity index (χ3n) is 6.78. The third kappa shape index (κ3) is 6.77. The van der Waals surface area contributed by atoms with Crippen molar-refractivity contribution in [3.8, 4) is 0 Å². The SMILES string of the molecule is CC(COC1CCCCO1)n1cc(C(=O)c2cncc(NC(=O)Cc3cccc(C(F)(F)F)c3)c2)c2cncnc21. The Labute approximate surface area is 233 Å². The lowest BCUT2D eigenvalue weighted by atomic mass is 10.1. The number of hydrogen-bond acceptors (Lipinski definition) is 7. The topological polar surface area (TPSA) is 108 Å². The van der Waals surface area contributed by atoms with Crippen LogP contribution in [-0.2, 0) is 26.9 Å². The van der Waals surface area contributed by atoms with Gasteiger partial charge in [0.25, 0.3) is 0 Å². The zero-order valence-electron chi connectivity index (χ0n) is 22.2. The molecule has 2 unspecified atom stereocenters. The number of nitrogens with zero attached hydrogens (tertiary/aromatic N) is 4. The van der Waals surface area contributed by atoms with Crippen LogP contribution in [0, 0.1) is 0 Å². The zero-order valence-corrected chi connectivity index (χ0v) is 22.2. The molecule has 4 aromatic rings. The van der Waals surface area contributed by atoms with Gasteiger partial charge in [-0.25, -0.2) is 9.97 Å². The molecule has 12 heteroatoms. The van der Waals surface area contributed by atoms with Crippen molar-refractivity contribution < 1.29 is 32.2 Å². The van der Waals surface area contributed by atoms with Gasteiger partial charge in [-0.15, -0.1) is 0 Å². The molecular weight excluding hydrogens is 539 g/mol. The van der Waals surface area contributed by atoms with Crippen LogP contribution >= 0.6 is 0 Å². The van der Waals surface area contributed by atoms with Crippen LogP contribution < -0.4 is 5.32 Å². The highest BCUT2D eigenvalue weighted by atomic mass is 19.4. The van der Waals surface area contributed by atoms with Crippen molar-refractivity contribution in [3.05, 3.63) is 83.7 Å². The Morgan fingerprint density at radius 2 is 2.02 bits per heavy atom. The fourth-order valence-electron chi connectivity index (χ4n) is 4.71. The average molecular weight is 568 g/mol. The Bertz CT molecular complexity index is 1550. The summed E-state index contributed by atoms with van der Waals surface area (Å²) < 4.78 is 52.5. The first-order chi connectivity index (χ1) is 19.7. The molecule has 214 valence electrons. The van der Waals surface area contributed by atoms with Gasteiger partial charge in [-0.05, 0) is 43.9 Å². The van der Waals surface area contributed by atoms with E-state index < -0.39 is 17.6 Å². The minimum atomic E-state index is -4.51. The standard InChI is InChI=1S/C29H28F3N5O4/c1-18(16-41-26-7-2-3-8-40-26)37-15-24(23-14-34-17-35-28(23)37)27(39)20-11-22(13-33-12-20)36-25(38)10-19-5-4-6-21(9-19)29(30,31)32/h4-6,9,11-15,17-18,26H,2-3,7-8,10,16H2,1H3,(H,36,38). The molecule has 4 heterocycles. The van der Waals surface area contributed by atoms with E-state index in [4.69, 9.17) is 9.47 Å². The van der Waals surface area contributed by atoms with Crippen LogP contribution in [-0.4, -0.2) is 50.7 Å². The van der Waals surface area contributed by atoms with Crippen molar-refractivity contribution >= 4 is 28.4 Å². The second-order valence-electron chi connectivity index (χ2n) is 9.90. The predicted octanol–water partition coefficient (Wildman–Crippen LogP) is 5.36. The number of ketones is 1. The number of alkyl halides is 3. The fraction of sp³-hybridized carbons (Fsp3) is 0.345. The molecule has 1 fully saturated rings. The normalized spacial score (nSPS) is 16.4. The minimum Gasteiger partial charge on any atom is -0.353 e. The van der Waals surface area contributed by atoms with Crippen LogP contribution in [0.2, 0.25) is 0 Å². The molecule has 1 aliphatic heterocycles. The lowest BCUT2D eigenvalue weighted by Crippen LogP contribution is -2.25. The van der Waals surface area contributed by atoms with Crippen molar-refractivity contribution in [3.63, 3.8) is 0 Å². The Balaban J connectivity index is 1.31. The van der Waals surface area contributed by atoms with Gasteiger partial charge in [-0.1, -0.05) is 18.2 Å².